The summed E-state index contributed by atoms with van der Waals surface area (Å²) >= 11 is 0. The normalized spacial score (nSPS) is 21.7. The van der Waals surface area contributed by atoms with Crippen LogP contribution in [0.15, 0.2) is 24.3 Å². The molecule has 23 heavy (non-hydrogen) atoms. The number of likely N-dealkylation sites (tertiary alicyclic amines) is 1. The largest absolute Gasteiger partial charge is 0.349 e. The average molecular weight is 315 g/mol. The van der Waals surface area contributed by atoms with Crippen LogP contribution in [0.3, 0.4) is 0 Å². The highest BCUT2D eigenvalue weighted by Crippen LogP contribution is 2.22. The zero-order chi connectivity index (χ0) is 16.2. The molecular weight excluding hydrogens is 290 g/mol. The Morgan fingerprint density at radius 1 is 1.22 bits per heavy atom. The molecule has 1 aromatic carbocycles. The molecule has 5 nitrogen and oxygen atoms in total. The molecule has 3 rings (SSSR count). The smallest absolute Gasteiger partial charge is 0.253 e. The van der Waals surface area contributed by atoms with E-state index in [1.165, 1.54) is 6.42 Å². The molecular formula is C18H25N3O2. The van der Waals surface area contributed by atoms with E-state index in [9.17, 15) is 9.59 Å². The van der Waals surface area contributed by atoms with Gasteiger partial charge in [0.05, 0.1) is 17.8 Å². The van der Waals surface area contributed by atoms with Crippen molar-refractivity contribution in [2.75, 3.05) is 25.0 Å². The Kier molecular flexibility index (Phi) is 4.96. The number of hydrogen-bond donors (Lipinski definition) is 2. The van der Waals surface area contributed by atoms with Crippen molar-refractivity contribution in [2.45, 2.75) is 38.6 Å². The van der Waals surface area contributed by atoms with Crippen molar-refractivity contribution < 1.29 is 9.59 Å². The third-order valence-electron chi connectivity index (χ3n) is 4.47. The summed E-state index contributed by atoms with van der Waals surface area (Å²) in [5, 5.41) is 5.88. The molecule has 1 aliphatic carbocycles. The standard InChI is InChI=1S/C18H25N3O2/c1-13-5-4-10-21(11-13)12-17(22)20-16-7-3-2-6-15(16)18(23)19-14-8-9-14/h2-3,6-7,13-14H,4-5,8-12H2,1H3,(H,19,23)(H,20,22)/t13-/m0/s1. The van der Waals surface area contributed by atoms with Crippen LogP contribution >= 0.6 is 0 Å². The summed E-state index contributed by atoms with van der Waals surface area (Å²) in [5.41, 5.74) is 1.14. The molecule has 2 fully saturated rings. The number of para-hydroxylation sites is 1. The van der Waals surface area contributed by atoms with Crippen LogP contribution in [0, 0.1) is 5.92 Å². The lowest BCUT2D eigenvalue weighted by Gasteiger charge is -2.30. The van der Waals surface area contributed by atoms with Gasteiger partial charge in [0.2, 0.25) is 5.91 Å². The number of piperidine rings is 1. The third kappa shape index (κ3) is 4.55. The number of nitrogens with zero attached hydrogens (tertiary/aromatic N) is 1. The van der Waals surface area contributed by atoms with E-state index in [1.54, 1.807) is 12.1 Å². The molecule has 0 unspecified atom stereocenters. The topological polar surface area (TPSA) is 61.4 Å². The minimum Gasteiger partial charge on any atom is -0.349 e. The summed E-state index contributed by atoms with van der Waals surface area (Å²) in [6.07, 6.45) is 4.48. The maximum absolute atomic E-state index is 12.3. The second kappa shape index (κ2) is 7.13. The van der Waals surface area contributed by atoms with Gasteiger partial charge in [-0.15, -0.1) is 0 Å². The SMILES string of the molecule is C[C@H]1CCCN(CC(=O)Nc2ccccc2C(=O)NC2CC2)C1. The predicted molar refractivity (Wildman–Crippen MR) is 90.4 cm³/mol. The quantitative estimate of drug-likeness (QED) is 0.876. The van der Waals surface area contributed by atoms with Crippen LogP contribution in [0.5, 0.6) is 0 Å². The molecule has 5 heteroatoms. The van der Waals surface area contributed by atoms with Crippen LogP contribution in [0.4, 0.5) is 5.69 Å². The summed E-state index contributed by atoms with van der Waals surface area (Å²) in [4.78, 5) is 26.8. The number of carbonyl (C=O) groups is 2. The molecule has 1 aromatic rings. The van der Waals surface area contributed by atoms with Gasteiger partial charge in [0.25, 0.3) is 5.91 Å². The van der Waals surface area contributed by atoms with Gasteiger partial charge in [-0.3, -0.25) is 14.5 Å². The van der Waals surface area contributed by atoms with Gasteiger partial charge >= 0.3 is 0 Å². The Morgan fingerprint density at radius 2 is 2.00 bits per heavy atom. The number of hydrogen-bond acceptors (Lipinski definition) is 3. The van der Waals surface area contributed by atoms with Gasteiger partial charge in [0.1, 0.15) is 0 Å². The Hall–Kier alpha value is -1.88. The van der Waals surface area contributed by atoms with Crippen molar-refractivity contribution >= 4 is 17.5 Å². The molecule has 2 N–H and O–H groups in total. The first-order chi connectivity index (χ1) is 11.1. The van der Waals surface area contributed by atoms with E-state index in [-0.39, 0.29) is 11.8 Å². The van der Waals surface area contributed by atoms with Crippen LogP contribution in [0.1, 0.15) is 43.0 Å². The Bertz CT molecular complexity index is 583. The highest BCUT2D eigenvalue weighted by molar-refractivity contribution is 6.04. The number of amides is 2. The first-order valence-electron chi connectivity index (χ1n) is 8.54. The van der Waals surface area contributed by atoms with Gasteiger partial charge in [-0.05, 0) is 50.3 Å². The molecule has 0 radical (unpaired) electrons. The third-order valence-corrected chi connectivity index (χ3v) is 4.47. The van der Waals surface area contributed by atoms with Gasteiger partial charge in [-0.25, -0.2) is 0 Å². The molecule has 1 saturated heterocycles. The Labute approximate surface area is 137 Å². The monoisotopic (exact) mass is 315 g/mol. The minimum atomic E-state index is -0.102. The fourth-order valence-electron chi connectivity index (χ4n) is 3.10. The van der Waals surface area contributed by atoms with E-state index < -0.39 is 0 Å². The number of rotatable bonds is 5. The summed E-state index contributed by atoms with van der Waals surface area (Å²) < 4.78 is 0. The fourth-order valence-corrected chi connectivity index (χ4v) is 3.10. The van der Waals surface area contributed by atoms with Crippen LogP contribution in [0.25, 0.3) is 0 Å². The molecule has 0 bridgehead atoms. The Morgan fingerprint density at radius 3 is 2.74 bits per heavy atom. The minimum absolute atomic E-state index is 0.0502. The first-order valence-corrected chi connectivity index (χ1v) is 8.54. The number of anilines is 1. The first kappa shape index (κ1) is 16.0. The van der Waals surface area contributed by atoms with Crippen LogP contribution in [0.2, 0.25) is 0 Å². The molecule has 1 saturated carbocycles. The van der Waals surface area contributed by atoms with Gasteiger partial charge in [0.15, 0.2) is 0 Å². The molecule has 124 valence electrons. The van der Waals surface area contributed by atoms with Gasteiger partial charge in [0, 0.05) is 12.6 Å². The van der Waals surface area contributed by atoms with Crippen molar-refractivity contribution in [1.82, 2.24) is 10.2 Å². The van der Waals surface area contributed by atoms with E-state index >= 15 is 0 Å². The summed E-state index contributed by atoms with van der Waals surface area (Å²) in [5.74, 6) is 0.494. The van der Waals surface area contributed by atoms with Crippen molar-refractivity contribution in [3.8, 4) is 0 Å². The van der Waals surface area contributed by atoms with Gasteiger partial charge < -0.3 is 10.6 Å². The van der Waals surface area contributed by atoms with Crippen LogP contribution < -0.4 is 10.6 Å². The molecule has 2 amide bonds. The van der Waals surface area contributed by atoms with Gasteiger partial charge in [-0.2, -0.15) is 0 Å². The fraction of sp³-hybridized carbons (Fsp3) is 0.556. The van der Waals surface area contributed by atoms with Crippen molar-refractivity contribution in [3.63, 3.8) is 0 Å². The average Bonchev–Trinajstić information content (AvgIpc) is 3.31. The number of carbonyl (C=O) groups excluding carboxylic acids is 2. The molecule has 2 aliphatic rings. The molecule has 1 atom stereocenters. The van der Waals surface area contributed by atoms with E-state index in [4.69, 9.17) is 0 Å². The van der Waals surface area contributed by atoms with E-state index in [0.717, 1.165) is 32.4 Å². The second-order valence-corrected chi connectivity index (χ2v) is 6.82. The number of nitrogens with one attached hydrogen (secondary N) is 2. The van der Waals surface area contributed by atoms with Crippen molar-refractivity contribution in [1.29, 1.82) is 0 Å². The zero-order valence-electron chi connectivity index (χ0n) is 13.7. The lowest BCUT2D eigenvalue weighted by atomic mass is 10.0. The zero-order valence-corrected chi connectivity index (χ0v) is 13.7. The molecule has 0 spiro atoms. The summed E-state index contributed by atoms with van der Waals surface area (Å²) in [6.45, 7) is 4.56. The van der Waals surface area contributed by atoms with Gasteiger partial charge in [-0.1, -0.05) is 19.1 Å². The van der Waals surface area contributed by atoms with E-state index in [0.29, 0.717) is 29.8 Å². The highest BCUT2D eigenvalue weighted by Gasteiger charge is 2.25. The van der Waals surface area contributed by atoms with Crippen molar-refractivity contribution in [3.05, 3.63) is 29.8 Å². The second-order valence-electron chi connectivity index (χ2n) is 6.82. The lowest BCUT2D eigenvalue weighted by molar-refractivity contribution is -0.117. The maximum atomic E-state index is 12.3. The highest BCUT2D eigenvalue weighted by atomic mass is 16.2. The van der Waals surface area contributed by atoms with E-state index in [2.05, 4.69) is 22.5 Å². The van der Waals surface area contributed by atoms with E-state index in [1.807, 2.05) is 12.1 Å². The van der Waals surface area contributed by atoms with Crippen LogP contribution in [-0.2, 0) is 4.79 Å². The predicted octanol–water partition coefficient (Wildman–Crippen LogP) is 2.25. The molecule has 1 heterocycles. The van der Waals surface area contributed by atoms with Crippen LogP contribution in [-0.4, -0.2) is 42.4 Å². The maximum Gasteiger partial charge on any atom is 0.253 e. The summed E-state index contributed by atoms with van der Waals surface area (Å²) in [6, 6.07) is 7.52. The number of benzene rings is 1. The summed E-state index contributed by atoms with van der Waals surface area (Å²) in [7, 11) is 0. The Balaban J connectivity index is 1.60. The lowest BCUT2D eigenvalue weighted by Crippen LogP contribution is -2.40. The molecule has 1 aliphatic heterocycles. The molecule has 0 aromatic heterocycles. The van der Waals surface area contributed by atoms with Crippen molar-refractivity contribution in [2.24, 2.45) is 5.92 Å².